The van der Waals surface area contributed by atoms with Crippen LogP contribution in [0.2, 0.25) is 0 Å². The first kappa shape index (κ1) is 17.7. The second-order valence-corrected chi connectivity index (χ2v) is 5.87. The minimum absolute atomic E-state index is 0.476. The van der Waals surface area contributed by atoms with Crippen molar-refractivity contribution in [1.29, 1.82) is 0 Å². The first-order valence-electron chi connectivity index (χ1n) is 8.69. The second kappa shape index (κ2) is 8.80. The van der Waals surface area contributed by atoms with Gasteiger partial charge in [0, 0.05) is 12.2 Å². The number of hydrogen-bond acceptors (Lipinski definition) is 6. The van der Waals surface area contributed by atoms with E-state index in [-0.39, 0.29) is 0 Å². The molecule has 1 aromatic heterocycles. The van der Waals surface area contributed by atoms with Crippen LogP contribution in [0.3, 0.4) is 0 Å². The molecule has 0 spiro atoms. The maximum atomic E-state index is 5.17. The molecule has 0 saturated carbocycles. The summed E-state index contributed by atoms with van der Waals surface area (Å²) in [5.41, 5.74) is 3.47. The number of anilines is 3. The molecule has 0 saturated heterocycles. The van der Waals surface area contributed by atoms with E-state index in [1.807, 2.05) is 24.3 Å². The van der Waals surface area contributed by atoms with Gasteiger partial charge in [0.25, 0.3) is 0 Å². The molecule has 0 aliphatic rings. The number of hydrogen-bond donors (Lipinski definition) is 2. The van der Waals surface area contributed by atoms with E-state index in [9.17, 15) is 0 Å². The third-order valence-corrected chi connectivity index (χ3v) is 4.06. The number of nitrogens with one attached hydrogen (secondary N) is 2. The number of benzene rings is 2. The summed E-state index contributed by atoms with van der Waals surface area (Å²) in [6.07, 6.45) is 3.53. The Morgan fingerprint density at radius 3 is 2.38 bits per heavy atom. The molecule has 0 fully saturated rings. The molecule has 0 amide bonds. The van der Waals surface area contributed by atoms with E-state index in [4.69, 9.17) is 4.74 Å². The summed E-state index contributed by atoms with van der Waals surface area (Å²) < 4.78 is 5.17. The van der Waals surface area contributed by atoms with Crippen molar-refractivity contribution < 1.29 is 4.74 Å². The van der Waals surface area contributed by atoms with Crippen molar-refractivity contribution in [2.45, 2.75) is 19.8 Å². The van der Waals surface area contributed by atoms with Crippen LogP contribution in [0.5, 0.6) is 5.75 Å². The number of rotatable bonds is 8. The molecular weight excluding hydrogens is 326 g/mol. The fraction of sp³-hybridized carbons (Fsp3) is 0.250. The molecule has 26 heavy (non-hydrogen) atoms. The Labute approximate surface area is 153 Å². The Morgan fingerprint density at radius 2 is 1.69 bits per heavy atom. The van der Waals surface area contributed by atoms with Crippen molar-refractivity contribution in [3.63, 3.8) is 0 Å². The van der Waals surface area contributed by atoms with Crippen LogP contribution in [0.15, 0.2) is 54.7 Å². The summed E-state index contributed by atoms with van der Waals surface area (Å²) in [6.45, 7) is 2.90. The molecule has 0 bridgehead atoms. The van der Waals surface area contributed by atoms with Gasteiger partial charge in [0.1, 0.15) is 5.75 Å². The predicted octanol–water partition coefficient (Wildman–Crippen LogP) is 3.84. The van der Waals surface area contributed by atoms with Crippen LogP contribution in [0, 0.1) is 0 Å². The van der Waals surface area contributed by atoms with Crippen molar-refractivity contribution in [3.05, 3.63) is 65.9 Å². The summed E-state index contributed by atoms with van der Waals surface area (Å²) in [4.78, 5) is 4.45. The summed E-state index contributed by atoms with van der Waals surface area (Å²) in [5.74, 6) is 2.04. The maximum absolute atomic E-state index is 5.17. The zero-order chi connectivity index (χ0) is 18.2. The van der Waals surface area contributed by atoms with E-state index in [0.717, 1.165) is 30.8 Å². The standard InChI is InChI=1S/C20H23N5O/c1-3-15-4-8-17(9-5-15)23-20-24-19(14-22-25-20)21-13-12-16-6-10-18(26-2)11-7-16/h4-11,14H,3,12-13H2,1-2H3,(H2,21,23,24,25). The number of ether oxygens (including phenoxy) is 1. The van der Waals surface area contributed by atoms with Gasteiger partial charge < -0.3 is 15.4 Å². The van der Waals surface area contributed by atoms with E-state index in [2.05, 4.69) is 57.0 Å². The number of nitrogens with zero attached hydrogens (tertiary/aromatic N) is 3. The maximum Gasteiger partial charge on any atom is 0.249 e. The first-order valence-corrected chi connectivity index (χ1v) is 8.69. The van der Waals surface area contributed by atoms with Gasteiger partial charge in [-0.1, -0.05) is 31.2 Å². The van der Waals surface area contributed by atoms with Crippen LogP contribution in [-0.4, -0.2) is 28.8 Å². The highest BCUT2D eigenvalue weighted by Crippen LogP contribution is 2.15. The minimum atomic E-state index is 0.476. The highest BCUT2D eigenvalue weighted by molar-refractivity contribution is 5.54. The summed E-state index contributed by atoms with van der Waals surface area (Å²) in [7, 11) is 1.67. The van der Waals surface area contributed by atoms with E-state index in [0.29, 0.717) is 11.8 Å². The average Bonchev–Trinajstić information content (AvgIpc) is 2.69. The SMILES string of the molecule is CCc1ccc(Nc2nncc(NCCc3ccc(OC)cc3)n2)cc1. The largest absolute Gasteiger partial charge is 0.497 e. The fourth-order valence-electron chi connectivity index (χ4n) is 2.52. The van der Waals surface area contributed by atoms with E-state index >= 15 is 0 Å². The molecule has 2 aromatic carbocycles. The third-order valence-electron chi connectivity index (χ3n) is 4.06. The third kappa shape index (κ3) is 4.92. The van der Waals surface area contributed by atoms with Crippen molar-refractivity contribution >= 4 is 17.5 Å². The molecule has 1 heterocycles. The Hall–Kier alpha value is -3.15. The molecule has 3 aromatic rings. The van der Waals surface area contributed by atoms with Crippen molar-refractivity contribution in [1.82, 2.24) is 15.2 Å². The molecule has 2 N–H and O–H groups in total. The van der Waals surface area contributed by atoms with Crippen molar-refractivity contribution in [2.75, 3.05) is 24.3 Å². The van der Waals surface area contributed by atoms with Crippen LogP contribution < -0.4 is 15.4 Å². The summed E-state index contributed by atoms with van der Waals surface area (Å²) in [5, 5.41) is 14.5. The van der Waals surface area contributed by atoms with Crippen LogP contribution in [0.1, 0.15) is 18.1 Å². The second-order valence-electron chi connectivity index (χ2n) is 5.87. The smallest absolute Gasteiger partial charge is 0.249 e. The van der Waals surface area contributed by atoms with E-state index in [1.54, 1.807) is 13.3 Å². The minimum Gasteiger partial charge on any atom is -0.497 e. The monoisotopic (exact) mass is 349 g/mol. The lowest BCUT2D eigenvalue weighted by molar-refractivity contribution is 0.414. The van der Waals surface area contributed by atoms with Gasteiger partial charge >= 0.3 is 0 Å². The zero-order valence-electron chi connectivity index (χ0n) is 15.1. The van der Waals surface area contributed by atoms with Gasteiger partial charge in [-0.3, -0.25) is 0 Å². The quantitative estimate of drug-likeness (QED) is 0.644. The normalized spacial score (nSPS) is 10.4. The highest BCUT2D eigenvalue weighted by atomic mass is 16.5. The summed E-state index contributed by atoms with van der Waals surface area (Å²) >= 11 is 0. The number of aryl methyl sites for hydroxylation is 1. The Bertz CT molecular complexity index is 818. The molecule has 134 valence electrons. The lowest BCUT2D eigenvalue weighted by Gasteiger charge is -2.08. The van der Waals surface area contributed by atoms with Crippen molar-refractivity contribution in [2.24, 2.45) is 0 Å². The Balaban J connectivity index is 1.54. The van der Waals surface area contributed by atoms with E-state index in [1.165, 1.54) is 11.1 Å². The van der Waals surface area contributed by atoms with Crippen molar-refractivity contribution in [3.8, 4) is 5.75 Å². The van der Waals surface area contributed by atoms with Gasteiger partial charge in [-0.05, 0) is 48.2 Å². The number of aromatic nitrogens is 3. The number of methoxy groups -OCH3 is 1. The zero-order valence-corrected chi connectivity index (χ0v) is 15.1. The molecular formula is C20H23N5O. The van der Waals surface area contributed by atoms with Gasteiger partial charge in [0.2, 0.25) is 5.95 Å². The van der Waals surface area contributed by atoms with Gasteiger partial charge in [-0.2, -0.15) is 10.1 Å². The van der Waals surface area contributed by atoms with Gasteiger partial charge in [0.15, 0.2) is 5.82 Å². The molecule has 0 aliphatic heterocycles. The first-order chi connectivity index (χ1) is 12.8. The van der Waals surface area contributed by atoms with Gasteiger partial charge in [-0.15, -0.1) is 5.10 Å². The average molecular weight is 349 g/mol. The topological polar surface area (TPSA) is 72.0 Å². The molecule has 6 heteroatoms. The molecule has 6 nitrogen and oxygen atoms in total. The Morgan fingerprint density at radius 1 is 0.962 bits per heavy atom. The lowest BCUT2D eigenvalue weighted by Crippen LogP contribution is -2.08. The van der Waals surface area contributed by atoms with E-state index < -0.39 is 0 Å². The van der Waals surface area contributed by atoms with Gasteiger partial charge in [0.05, 0.1) is 13.3 Å². The summed E-state index contributed by atoms with van der Waals surface area (Å²) in [6, 6.07) is 16.3. The molecule has 0 radical (unpaired) electrons. The fourth-order valence-corrected chi connectivity index (χ4v) is 2.52. The Kier molecular flexibility index (Phi) is 5.98. The molecule has 0 aliphatic carbocycles. The highest BCUT2D eigenvalue weighted by Gasteiger charge is 2.02. The van der Waals surface area contributed by atoms with Crippen LogP contribution in [0.25, 0.3) is 0 Å². The molecule has 0 atom stereocenters. The molecule has 3 rings (SSSR count). The van der Waals surface area contributed by atoms with Gasteiger partial charge in [-0.25, -0.2) is 0 Å². The van der Waals surface area contributed by atoms with Crippen LogP contribution >= 0.6 is 0 Å². The predicted molar refractivity (Wildman–Crippen MR) is 104 cm³/mol. The van der Waals surface area contributed by atoms with Crippen LogP contribution in [-0.2, 0) is 12.8 Å². The van der Waals surface area contributed by atoms with Crippen LogP contribution in [0.4, 0.5) is 17.5 Å². The molecule has 0 unspecified atom stereocenters. The lowest BCUT2D eigenvalue weighted by atomic mass is 10.1.